The number of rotatable bonds is 4. The second kappa shape index (κ2) is 7.01. The third-order valence-corrected chi connectivity index (χ3v) is 4.86. The molecule has 0 N–H and O–H groups in total. The Kier molecular flexibility index (Phi) is 4.82. The molecule has 1 aliphatic rings. The van der Waals surface area contributed by atoms with Crippen molar-refractivity contribution in [1.29, 1.82) is 0 Å². The minimum atomic E-state index is -0.222. The van der Waals surface area contributed by atoms with E-state index >= 15 is 0 Å². The molecule has 0 aliphatic carbocycles. The molecule has 3 rings (SSSR count). The summed E-state index contributed by atoms with van der Waals surface area (Å²) < 4.78 is 5.12. The fourth-order valence-electron chi connectivity index (χ4n) is 2.59. The third-order valence-electron chi connectivity index (χ3n) is 3.75. The Bertz CT molecular complexity index is 752. The van der Waals surface area contributed by atoms with Crippen LogP contribution in [-0.2, 0) is 21.7 Å². The van der Waals surface area contributed by atoms with Crippen molar-refractivity contribution in [2.75, 3.05) is 6.61 Å². The first-order valence-electron chi connectivity index (χ1n) is 7.73. The number of fused-ring (bicyclic) bond motifs is 2. The number of hydrogen-bond donors (Lipinski definition) is 0. The first-order chi connectivity index (χ1) is 11.2. The number of carbonyl (C=O) groups excluding carboxylic acids is 2. The highest BCUT2D eigenvalue weighted by molar-refractivity contribution is 7.98. The SMILES string of the molecule is CCCOC(=O)Cc1ccc2c(c1)SCc1ccccc1C2=O. The summed E-state index contributed by atoms with van der Waals surface area (Å²) in [5.41, 5.74) is 3.43. The van der Waals surface area contributed by atoms with Gasteiger partial charge in [-0.25, -0.2) is 0 Å². The molecule has 3 nitrogen and oxygen atoms in total. The third kappa shape index (κ3) is 3.48. The van der Waals surface area contributed by atoms with Gasteiger partial charge in [0.05, 0.1) is 13.0 Å². The van der Waals surface area contributed by atoms with Crippen molar-refractivity contribution in [2.24, 2.45) is 0 Å². The smallest absolute Gasteiger partial charge is 0.310 e. The van der Waals surface area contributed by atoms with E-state index < -0.39 is 0 Å². The van der Waals surface area contributed by atoms with Crippen LogP contribution in [0, 0.1) is 0 Å². The highest BCUT2D eigenvalue weighted by atomic mass is 32.2. The van der Waals surface area contributed by atoms with E-state index in [0.717, 1.165) is 33.8 Å². The minimum absolute atomic E-state index is 0.0562. The van der Waals surface area contributed by atoms with Gasteiger partial charge in [-0.3, -0.25) is 9.59 Å². The van der Waals surface area contributed by atoms with Crippen LogP contribution in [-0.4, -0.2) is 18.4 Å². The number of ketones is 1. The van der Waals surface area contributed by atoms with Gasteiger partial charge in [0.15, 0.2) is 5.78 Å². The molecule has 0 fully saturated rings. The predicted molar refractivity (Wildman–Crippen MR) is 90.8 cm³/mol. The second-order valence-corrected chi connectivity index (χ2v) is 6.52. The Morgan fingerprint density at radius 1 is 1.17 bits per heavy atom. The van der Waals surface area contributed by atoms with Crippen molar-refractivity contribution in [3.8, 4) is 0 Å². The van der Waals surface area contributed by atoms with Crippen LogP contribution in [0.1, 0.15) is 40.4 Å². The summed E-state index contributed by atoms with van der Waals surface area (Å²) in [4.78, 5) is 25.4. The summed E-state index contributed by atoms with van der Waals surface area (Å²) in [5.74, 6) is 0.597. The molecule has 2 aromatic rings. The topological polar surface area (TPSA) is 43.4 Å². The van der Waals surface area contributed by atoms with Crippen LogP contribution < -0.4 is 0 Å². The Balaban J connectivity index is 1.85. The molecule has 0 aromatic heterocycles. The highest BCUT2D eigenvalue weighted by Crippen LogP contribution is 2.34. The molecule has 0 bridgehead atoms. The zero-order valence-electron chi connectivity index (χ0n) is 13.0. The monoisotopic (exact) mass is 326 g/mol. The lowest BCUT2D eigenvalue weighted by atomic mass is 9.98. The Hall–Kier alpha value is -2.07. The van der Waals surface area contributed by atoms with Gasteiger partial charge < -0.3 is 4.74 Å². The maximum Gasteiger partial charge on any atom is 0.310 e. The molecule has 0 amide bonds. The number of ether oxygens (including phenoxy) is 1. The van der Waals surface area contributed by atoms with Gasteiger partial charge in [-0.1, -0.05) is 37.3 Å². The molecule has 0 unspecified atom stereocenters. The van der Waals surface area contributed by atoms with Crippen LogP contribution in [0.15, 0.2) is 47.4 Å². The second-order valence-electron chi connectivity index (χ2n) is 5.50. The first-order valence-corrected chi connectivity index (χ1v) is 8.71. The van der Waals surface area contributed by atoms with Crippen molar-refractivity contribution in [1.82, 2.24) is 0 Å². The average Bonchev–Trinajstić information content (AvgIpc) is 2.71. The van der Waals surface area contributed by atoms with E-state index in [1.807, 2.05) is 49.4 Å². The summed E-state index contributed by atoms with van der Waals surface area (Å²) in [6, 6.07) is 13.3. The van der Waals surface area contributed by atoms with Crippen LogP contribution in [0.3, 0.4) is 0 Å². The van der Waals surface area contributed by atoms with Crippen molar-refractivity contribution < 1.29 is 14.3 Å². The van der Waals surface area contributed by atoms with Crippen molar-refractivity contribution in [3.63, 3.8) is 0 Å². The number of hydrogen-bond acceptors (Lipinski definition) is 4. The quantitative estimate of drug-likeness (QED) is 0.796. The van der Waals surface area contributed by atoms with E-state index in [2.05, 4.69) is 0 Å². The molecular weight excluding hydrogens is 308 g/mol. The highest BCUT2D eigenvalue weighted by Gasteiger charge is 2.21. The lowest BCUT2D eigenvalue weighted by Gasteiger charge is -2.08. The van der Waals surface area contributed by atoms with Gasteiger partial charge in [0.1, 0.15) is 0 Å². The Morgan fingerprint density at radius 2 is 2.00 bits per heavy atom. The molecule has 0 atom stereocenters. The van der Waals surface area contributed by atoms with Crippen LogP contribution >= 0.6 is 11.8 Å². The molecule has 0 saturated heterocycles. The van der Waals surface area contributed by atoms with Crippen LogP contribution in [0.5, 0.6) is 0 Å². The van der Waals surface area contributed by atoms with E-state index in [9.17, 15) is 9.59 Å². The summed E-state index contributed by atoms with van der Waals surface area (Å²) in [6.45, 7) is 2.42. The van der Waals surface area contributed by atoms with Gasteiger partial charge in [0, 0.05) is 21.8 Å². The van der Waals surface area contributed by atoms with Gasteiger partial charge in [0.25, 0.3) is 0 Å². The van der Waals surface area contributed by atoms with E-state index in [4.69, 9.17) is 4.74 Å². The lowest BCUT2D eigenvalue weighted by Crippen LogP contribution is -2.09. The molecule has 0 saturated carbocycles. The predicted octanol–water partition coefficient (Wildman–Crippen LogP) is 4.02. The molecule has 2 aromatic carbocycles. The number of benzene rings is 2. The molecule has 1 heterocycles. The van der Waals surface area contributed by atoms with Gasteiger partial charge in [-0.15, -0.1) is 11.8 Å². The van der Waals surface area contributed by atoms with E-state index in [1.165, 1.54) is 0 Å². The standard InChI is InChI=1S/C19H18O3S/c1-2-9-22-18(20)11-13-7-8-16-17(10-13)23-12-14-5-3-4-6-15(14)19(16)21/h3-8,10H,2,9,11-12H2,1H3. The molecule has 4 heteroatoms. The summed E-state index contributed by atoms with van der Waals surface area (Å²) in [7, 11) is 0. The van der Waals surface area contributed by atoms with E-state index in [-0.39, 0.29) is 18.2 Å². The van der Waals surface area contributed by atoms with Crippen LogP contribution in [0.4, 0.5) is 0 Å². The molecular formula is C19H18O3S. The molecule has 0 radical (unpaired) electrons. The normalized spacial score (nSPS) is 13.0. The van der Waals surface area contributed by atoms with Gasteiger partial charge in [0.2, 0.25) is 0 Å². The fourth-order valence-corrected chi connectivity index (χ4v) is 3.70. The van der Waals surface area contributed by atoms with Crippen molar-refractivity contribution in [3.05, 3.63) is 64.7 Å². The summed E-state index contributed by atoms with van der Waals surface area (Å²) in [6.07, 6.45) is 1.06. The Labute approximate surface area is 140 Å². The number of carbonyl (C=O) groups is 2. The van der Waals surface area contributed by atoms with Crippen LogP contribution in [0.25, 0.3) is 0 Å². The summed E-state index contributed by atoms with van der Waals surface area (Å²) in [5, 5.41) is 0. The zero-order chi connectivity index (χ0) is 16.2. The molecule has 0 spiro atoms. The molecule has 118 valence electrons. The largest absolute Gasteiger partial charge is 0.465 e. The zero-order valence-corrected chi connectivity index (χ0v) is 13.8. The van der Waals surface area contributed by atoms with Crippen molar-refractivity contribution in [2.45, 2.75) is 30.4 Å². The minimum Gasteiger partial charge on any atom is -0.465 e. The van der Waals surface area contributed by atoms with Gasteiger partial charge >= 0.3 is 5.97 Å². The maximum atomic E-state index is 12.7. The van der Waals surface area contributed by atoms with Crippen LogP contribution in [0.2, 0.25) is 0 Å². The number of thioether (sulfide) groups is 1. The molecule has 23 heavy (non-hydrogen) atoms. The first kappa shape index (κ1) is 15.8. The molecule has 1 aliphatic heterocycles. The van der Waals surface area contributed by atoms with E-state index in [1.54, 1.807) is 11.8 Å². The Morgan fingerprint density at radius 3 is 2.83 bits per heavy atom. The average molecular weight is 326 g/mol. The van der Waals surface area contributed by atoms with Crippen molar-refractivity contribution >= 4 is 23.5 Å². The fraction of sp³-hybridized carbons (Fsp3) is 0.263. The van der Waals surface area contributed by atoms with Gasteiger partial charge in [-0.2, -0.15) is 0 Å². The van der Waals surface area contributed by atoms with E-state index in [0.29, 0.717) is 12.2 Å². The summed E-state index contributed by atoms with van der Waals surface area (Å²) >= 11 is 1.64. The lowest BCUT2D eigenvalue weighted by molar-refractivity contribution is -0.142. The van der Waals surface area contributed by atoms with Gasteiger partial charge in [-0.05, 0) is 29.7 Å². The maximum absolute atomic E-state index is 12.7. The number of esters is 1.